The lowest BCUT2D eigenvalue weighted by molar-refractivity contribution is -0.162. The van der Waals surface area contributed by atoms with Gasteiger partial charge in [0.25, 0.3) is 10.1 Å². The van der Waals surface area contributed by atoms with Crippen LogP contribution in [0.1, 0.15) is 103 Å². The minimum atomic E-state index is -4.93. The molecule has 0 amide bonds. The number of carbonyl (C=O) groups excluding carboxylic acids is 1. The number of rotatable bonds is 20. The van der Waals surface area contributed by atoms with Crippen molar-refractivity contribution in [1.29, 1.82) is 0 Å². The van der Waals surface area contributed by atoms with Gasteiger partial charge in [-0.1, -0.05) is 95.8 Å². The molecule has 0 aliphatic heterocycles. The maximum atomic E-state index is 12.1. The largest absolute Gasteiger partial charge is 0.481 e. The van der Waals surface area contributed by atoms with E-state index in [1.54, 1.807) is 12.1 Å². The third-order valence-electron chi connectivity index (χ3n) is 5.83. The van der Waals surface area contributed by atoms with Crippen LogP contribution in [0.15, 0.2) is 24.3 Å². The zero-order valence-electron chi connectivity index (χ0n) is 21.1. The van der Waals surface area contributed by atoms with Crippen molar-refractivity contribution < 1.29 is 37.1 Å². The molecule has 0 radical (unpaired) electrons. The highest BCUT2D eigenvalue weighted by Crippen LogP contribution is 2.23. The zero-order valence-corrected chi connectivity index (χ0v) is 21.9. The van der Waals surface area contributed by atoms with Gasteiger partial charge in [-0.2, -0.15) is 8.42 Å². The lowest BCUT2D eigenvalue weighted by atomic mass is 10.0. The fraction of sp³-hybridized carbons (Fsp3) is 0.692. The van der Waals surface area contributed by atoms with Gasteiger partial charge in [-0.05, 0) is 24.5 Å². The summed E-state index contributed by atoms with van der Waals surface area (Å²) >= 11 is 0. The summed E-state index contributed by atoms with van der Waals surface area (Å²) < 4.78 is 42.5. The van der Waals surface area contributed by atoms with E-state index in [0.29, 0.717) is 5.75 Å². The van der Waals surface area contributed by atoms with Gasteiger partial charge in [0.05, 0.1) is 6.42 Å². The van der Waals surface area contributed by atoms with Crippen molar-refractivity contribution in [3.63, 3.8) is 0 Å². The molecule has 1 rings (SSSR count). The lowest BCUT2D eigenvalue weighted by Crippen LogP contribution is -2.36. The standard InChI is InChI=1S/C26H42O8S/c1-3-4-5-6-7-8-9-10-11-12-13-14-17-22-18-15-16-19-23(22)33-21(2)34-26(29)24(20-25(27)28)35(30,31)32/h15-16,18-19,21,24H,3-14,17,20H2,1-2H3,(H,27,28)(H,30,31,32). The molecule has 0 aromatic heterocycles. The van der Waals surface area contributed by atoms with Crippen LogP contribution in [0, 0.1) is 0 Å². The maximum Gasteiger partial charge on any atom is 0.330 e. The predicted molar refractivity (Wildman–Crippen MR) is 135 cm³/mol. The molecule has 1 aromatic rings. The SMILES string of the molecule is CCCCCCCCCCCCCCc1ccccc1OC(C)OC(=O)C(CC(=O)O)S(=O)(=O)O. The molecule has 0 aliphatic rings. The molecule has 9 heteroatoms. The minimum absolute atomic E-state index is 0.512. The Labute approximate surface area is 210 Å². The predicted octanol–water partition coefficient (Wildman–Crippen LogP) is 5.93. The van der Waals surface area contributed by atoms with Crippen molar-refractivity contribution in [3.05, 3.63) is 29.8 Å². The van der Waals surface area contributed by atoms with Crippen molar-refractivity contribution in [3.8, 4) is 5.75 Å². The Morgan fingerprint density at radius 3 is 1.91 bits per heavy atom. The molecule has 2 N–H and O–H groups in total. The second-order valence-electron chi connectivity index (χ2n) is 8.97. The van der Waals surface area contributed by atoms with Crippen LogP contribution < -0.4 is 4.74 Å². The summed E-state index contributed by atoms with van der Waals surface area (Å²) in [4.78, 5) is 22.9. The van der Waals surface area contributed by atoms with Crippen LogP contribution >= 0.6 is 0 Å². The minimum Gasteiger partial charge on any atom is -0.481 e. The molecule has 1 aromatic carbocycles. The summed E-state index contributed by atoms with van der Waals surface area (Å²) in [6.45, 7) is 3.64. The van der Waals surface area contributed by atoms with E-state index < -0.39 is 40.0 Å². The van der Waals surface area contributed by atoms with Crippen LogP contribution in [-0.2, 0) is 30.9 Å². The molecule has 0 saturated carbocycles. The Kier molecular flexibility index (Phi) is 15.3. The first-order valence-corrected chi connectivity index (χ1v) is 14.3. The molecule has 2 unspecified atom stereocenters. The highest BCUT2D eigenvalue weighted by molar-refractivity contribution is 7.87. The van der Waals surface area contributed by atoms with Crippen molar-refractivity contribution >= 4 is 22.1 Å². The van der Waals surface area contributed by atoms with E-state index in [-0.39, 0.29) is 0 Å². The first-order chi connectivity index (χ1) is 16.6. The van der Waals surface area contributed by atoms with Gasteiger partial charge in [0, 0.05) is 6.92 Å². The van der Waals surface area contributed by atoms with Gasteiger partial charge in [-0.25, -0.2) is 0 Å². The summed E-state index contributed by atoms with van der Waals surface area (Å²) in [5.41, 5.74) is 0.944. The van der Waals surface area contributed by atoms with Crippen LogP contribution in [-0.4, -0.2) is 41.6 Å². The van der Waals surface area contributed by atoms with Crippen molar-refractivity contribution in [1.82, 2.24) is 0 Å². The van der Waals surface area contributed by atoms with E-state index >= 15 is 0 Å². The molecule has 35 heavy (non-hydrogen) atoms. The van der Waals surface area contributed by atoms with Gasteiger partial charge in [-0.15, -0.1) is 0 Å². The number of para-hydroxylation sites is 1. The molecular weight excluding hydrogens is 472 g/mol. The summed E-state index contributed by atoms with van der Waals surface area (Å²) in [5.74, 6) is -2.41. The first kappa shape index (κ1) is 30.9. The van der Waals surface area contributed by atoms with Crippen LogP contribution in [0.5, 0.6) is 5.75 Å². The number of ether oxygens (including phenoxy) is 2. The van der Waals surface area contributed by atoms with E-state index in [0.717, 1.165) is 24.8 Å². The lowest BCUT2D eigenvalue weighted by Gasteiger charge is -2.19. The third-order valence-corrected chi connectivity index (χ3v) is 6.91. The second kappa shape index (κ2) is 17.3. The Morgan fingerprint density at radius 1 is 0.886 bits per heavy atom. The van der Waals surface area contributed by atoms with Crippen molar-refractivity contribution in [2.75, 3.05) is 0 Å². The number of esters is 1. The number of unbranched alkanes of at least 4 members (excludes halogenated alkanes) is 11. The van der Waals surface area contributed by atoms with Gasteiger partial charge < -0.3 is 14.6 Å². The zero-order chi connectivity index (χ0) is 26.1. The number of carboxylic acid groups (broad SMARTS) is 1. The van der Waals surface area contributed by atoms with Crippen LogP contribution in [0.4, 0.5) is 0 Å². The van der Waals surface area contributed by atoms with Crippen molar-refractivity contribution in [2.24, 2.45) is 0 Å². The van der Waals surface area contributed by atoms with Crippen LogP contribution in [0.2, 0.25) is 0 Å². The number of hydrogen-bond acceptors (Lipinski definition) is 6. The van der Waals surface area contributed by atoms with Gasteiger partial charge in [0.2, 0.25) is 6.29 Å². The average molecular weight is 515 g/mol. The Morgan fingerprint density at radius 2 is 1.40 bits per heavy atom. The van der Waals surface area contributed by atoms with Gasteiger partial charge in [-0.3, -0.25) is 14.1 Å². The molecule has 0 heterocycles. The summed E-state index contributed by atoms with van der Waals surface area (Å²) in [6, 6.07) is 7.33. The normalized spacial score (nSPS) is 13.2. The van der Waals surface area contributed by atoms with Crippen LogP contribution in [0.25, 0.3) is 0 Å². The molecule has 0 saturated heterocycles. The first-order valence-electron chi connectivity index (χ1n) is 12.8. The third kappa shape index (κ3) is 14.1. The van der Waals surface area contributed by atoms with Gasteiger partial charge >= 0.3 is 11.9 Å². The topological polar surface area (TPSA) is 127 Å². The maximum absolute atomic E-state index is 12.1. The highest BCUT2D eigenvalue weighted by atomic mass is 32.2. The Bertz CT molecular complexity index is 853. The number of aryl methyl sites for hydroxylation is 1. The molecule has 8 nitrogen and oxygen atoms in total. The van der Waals surface area contributed by atoms with Gasteiger partial charge in [0.1, 0.15) is 5.75 Å². The molecule has 0 bridgehead atoms. The van der Waals surface area contributed by atoms with E-state index in [2.05, 4.69) is 6.92 Å². The summed E-state index contributed by atoms with van der Waals surface area (Å²) in [7, 11) is -4.93. The van der Waals surface area contributed by atoms with Crippen LogP contribution in [0.3, 0.4) is 0 Å². The molecular formula is C26H42O8S. The van der Waals surface area contributed by atoms with Gasteiger partial charge in [0.15, 0.2) is 5.25 Å². The summed E-state index contributed by atoms with van der Waals surface area (Å²) in [5, 5.41) is 6.59. The Balaban J connectivity index is 2.39. The number of aliphatic carboxylic acids is 1. The highest BCUT2D eigenvalue weighted by Gasteiger charge is 2.36. The number of benzene rings is 1. The average Bonchev–Trinajstić information content (AvgIpc) is 2.78. The van der Waals surface area contributed by atoms with E-state index in [4.69, 9.17) is 19.1 Å². The monoisotopic (exact) mass is 514 g/mol. The number of carboxylic acids is 1. The molecule has 0 fully saturated rings. The molecule has 2 atom stereocenters. The molecule has 0 aliphatic carbocycles. The van der Waals surface area contributed by atoms with E-state index in [1.807, 2.05) is 12.1 Å². The fourth-order valence-corrected chi connectivity index (χ4v) is 4.54. The quantitative estimate of drug-likeness (QED) is 0.0948. The van der Waals surface area contributed by atoms with E-state index in [1.165, 1.54) is 71.1 Å². The fourth-order valence-electron chi connectivity index (χ4n) is 3.89. The summed E-state index contributed by atoms with van der Waals surface area (Å²) in [6.07, 6.45) is 13.7. The van der Waals surface area contributed by atoms with Crippen molar-refractivity contribution in [2.45, 2.75) is 115 Å². The molecule has 0 spiro atoms. The smallest absolute Gasteiger partial charge is 0.330 e. The number of carbonyl (C=O) groups is 2. The Hall–Kier alpha value is -2.13. The molecule has 200 valence electrons. The second-order valence-corrected chi connectivity index (χ2v) is 10.6. The van der Waals surface area contributed by atoms with E-state index in [9.17, 15) is 18.0 Å². The number of hydrogen-bond donors (Lipinski definition) is 2.